The first-order valence-corrected chi connectivity index (χ1v) is 8.32. The van der Waals surface area contributed by atoms with Gasteiger partial charge in [0.15, 0.2) is 6.54 Å². The maximum absolute atomic E-state index is 12.0. The highest BCUT2D eigenvalue weighted by atomic mass is 16.2. The molecular formula is C16H28N5O2+. The molecule has 128 valence electrons. The van der Waals surface area contributed by atoms with E-state index in [2.05, 4.69) is 16.5 Å². The third-order valence-corrected chi connectivity index (χ3v) is 4.30. The van der Waals surface area contributed by atoms with Gasteiger partial charge < -0.3 is 15.1 Å². The van der Waals surface area contributed by atoms with Crippen LogP contribution in [0.4, 0.5) is 0 Å². The van der Waals surface area contributed by atoms with Crippen LogP contribution in [-0.4, -0.2) is 65.8 Å². The quantitative estimate of drug-likeness (QED) is 0.643. The molecule has 2 N–H and O–H groups in total. The van der Waals surface area contributed by atoms with E-state index in [9.17, 15) is 9.59 Å². The third-order valence-electron chi connectivity index (χ3n) is 4.30. The molecule has 0 unspecified atom stereocenters. The molecule has 0 aliphatic carbocycles. The number of carbonyl (C=O) groups excluding carboxylic acids is 2. The molecule has 1 aromatic heterocycles. The first kappa shape index (κ1) is 17.5. The van der Waals surface area contributed by atoms with E-state index in [0.717, 1.165) is 50.5 Å². The van der Waals surface area contributed by atoms with E-state index in [1.807, 2.05) is 23.4 Å². The Bertz CT molecular complexity index is 547. The van der Waals surface area contributed by atoms with Crippen molar-refractivity contribution in [3.63, 3.8) is 0 Å². The van der Waals surface area contributed by atoms with Crippen LogP contribution in [0.25, 0.3) is 0 Å². The van der Waals surface area contributed by atoms with Crippen LogP contribution in [0.3, 0.4) is 0 Å². The zero-order valence-corrected chi connectivity index (χ0v) is 14.4. The van der Waals surface area contributed by atoms with Crippen molar-refractivity contribution in [2.24, 2.45) is 0 Å². The SMILES string of the molecule is CC(=O)N1CC[NH+](CC(=O)NCCCn2nc(C)cc2C)CC1. The number of aryl methyl sites for hydroxylation is 3. The van der Waals surface area contributed by atoms with Gasteiger partial charge in [-0.15, -0.1) is 0 Å². The molecule has 1 fully saturated rings. The minimum absolute atomic E-state index is 0.0876. The van der Waals surface area contributed by atoms with Crippen molar-refractivity contribution in [1.82, 2.24) is 20.0 Å². The molecule has 0 spiro atoms. The van der Waals surface area contributed by atoms with Gasteiger partial charge >= 0.3 is 0 Å². The highest BCUT2D eigenvalue weighted by Crippen LogP contribution is 2.02. The standard InChI is InChI=1S/C16H27N5O2/c1-13-11-14(2)21(18-13)6-4-5-17-16(23)12-19-7-9-20(10-8-19)15(3)22/h11H,4-10,12H2,1-3H3,(H,17,23)/p+1. The van der Waals surface area contributed by atoms with Crippen molar-refractivity contribution in [2.45, 2.75) is 33.7 Å². The molecule has 0 atom stereocenters. The molecule has 1 aliphatic heterocycles. The first-order valence-electron chi connectivity index (χ1n) is 8.32. The Morgan fingerprint density at radius 1 is 1.30 bits per heavy atom. The van der Waals surface area contributed by atoms with Gasteiger partial charge in [0.25, 0.3) is 5.91 Å². The summed E-state index contributed by atoms with van der Waals surface area (Å²) in [6, 6.07) is 2.06. The maximum atomic E-state index is 12.0. The van der Waals surface area contributed by atoms with E-state index < -0.39 is 0 Å². The van der Waals surface area contributed by atoms with Crippen LogP contribution < -0.4 is 10.2 Å². The van der Waals surface area contributed by atoms with Crippen LogP contribution in [0.15, 0.2) is 6.07 Å². The Balaban J connectivity index is 1.60. The van der Waals surface area contributed by atoms with Gasteiger partial charge in [-0.3, -0.25) is 14.3 Å². The maximum Gasteiger partial charge on any atom is 0.275 e. The Kier molecular flexibility index (Phi) is 6.15. The molecule has 1 aliphatic rings. The molecule has 1 saturated heterocycles. The fraction of sp³-hybridized carbons (Fsp3) is 0.688. The minimum Gasteiger partial charge on any atom is -0.351 e. The lowest BCUT2D eigenvalue weighted by atomic mass is 10.3. The molecule has 1 aromatic rings. The van der Waals surface area contributed by atoms with Gasteiger partial charge in [0, 0.05) is 25.7 Å². The van der Waals surface area contributed by atoms with Gasteiger partial charge in [-0.25, -0.2) is 0 Å². The average Bonchev–Trinajstić information content (AvgIpc) is 2.82. The zero-order chi connectivity index (χ0) is 16.8. The molecule has 2 rings (SSSR count). The van der Waals surface area contributed by atoms with E-state index in [1.165, 1.54) is 4.90 Å². The molecule has 23 heavy (non-hydrogen) atoms. The fourth-order valence-corrected chi connectivity index (χ4v) is 2.96. The number of quaternary nitrogens is 1. The van der Waals surface area contributed by atoms with E-state index in [4.69, 9.17) is 0 Å². The van der Waals surface area contributed by atoms with Crippen molar-refractivity contribution in [1.29, 1.82) is 0 Å². The number of hydrogen-bond acceptors (Lipinski definition) is 3. The molecule has 2 heterocycles. The summed E-state index contributed by atoms with van der Waals surface area (Å²) >= 11 is 0. The summed E-state index contributed by atoms with van der Waals surface area (Å²) in [4.78, 5) is 26.3. The van der Waals surface area contributed by atoms with Crippen molar-refractivity contribution in [3.05, 3.63) is 17.5 Å². The second-order valence-electron chi connectivity index (χ2n) is 6.29. The van der Waals surface area contributed by atoms with Gasteiger partial charge in [0.1, 0.15) is 0 Å². The molecule has 2 amide bonds. The topological polar surface area (TPSA) is 71.7 Å². The largest absolute Gasteiger partial charge is 0.351 e. The smallest absolute Gasteiger partial charge is 0.275 e. The van der Waals surface area contributed by atoms with E-state index in [0.29, 0.717) is 13.1 Å². The summed E-state index contributed by atoms with van der Waals surface area (Å²) in [6.07, 6.45) is 0.876. The van der Waals surface area contributed by atoms with Crippen molar-refractivity contribution >= 4 is 11.8 Å². The highest BCUT2D eigenvalue weighted by molar-refractivity contribution is 5.76. The predicted molar refractivity (Wildman–Crippen MR) is 87.1 cm³/mol. The van der Waals surface area contributed by atoms with Gasteiger partial charge in [0.05, 0.1) is 31.9 Å². The van der Waals surface area contributed by atoms with Crippen LogP contribution in [0.5, 0.6) is 0 Å². The van der Waals surface area contributed by atoms with Gasteiger partial charge in [-0.1, -0.05) is 0 Å². The lowest BCUT2D eigenvalue weighted by Crippen LogP contribution is -3.15. The Morgan fingerprint density at radius 2 is 2.00 bits per heavy atom. The van der Waals surface area contributed by atoms with Gasteiger partial charge in [-0.05, 0) is 26.3 Å². The third kappa shape index (κ3) is 5.35. The van der Waals surface area contributed by atoms with Crippen LogP contribution in [-0.2, 0) is 16.1 Å². The molecule has 7 nitrogen and oxygen atoms in total. The molecule has 0 radical (unpaired) electrons. The monoisotopic (exact) mass is 322 g/mol. The van der Waals surface area contributed by atoms with Crippen LogP contribution in [0.2, 0.25) is 0 Å². The summed E-state index contributed by atoms with van der Waals surface area (Å²) in [5, 5.41) is 7.39. The second kappa shape index (κ2) is 8.10. The number of rotatable bonds is 6. The minimum atomic E-state index is 0.0876. The Labute approximate surface area is 137 Å². The van der Waals surface area contributed by atoms with E-state index >= 15 is 0 Å². The molecular weight excluding hydrogens is 294 g/mol. The van der Waals surface area contributed by atoms with E-state index in [-0.39, 0.29) is 11.8 Å². The van der Waals surface area contributed by atoms with Gasteiger partial charge in [-0.2, -0.15) is 5.10 Å². The first-order chi connectivity index (χ1) is 11.0. The summed E-state index contributed by atoms with van der Waals surface area (Å²) < 4.78 is 1.98. The predicted octanol–water partition coefficient (Wildman–Crippen LogP) is -1.25. The average molecular weight is 322 g/mol. The van der Waals surface area contributed by atoms with Crippen molar-refractivity contribution < 1.29 is 14.5 Å². The number of piperazine rings is 1. The number of nitrogens with one attached hydrogen (secondary N) is 2. The lowest BCUT2D eigenvalue weighted by Gasteiger charge is -2.31. The summed E-state index contributed by atoms with van der Waals surface area (Å²) in [5.74, 6) is 0.210. The van der Waals surface area contributed by atoms with Crippen LogP contribution in [0.1, 0.15) is 24.7 Å². The van der Waals surface area contributed by atoms with Crippen LogP contribution in [0, 0.1) is 13.8 Å². The summed E-state index contributed by atoms with van der Waals surface area (Å²) in [7, 11) is 0. The normalized spacial score (nSPS) is 15.7. The van der Waals surface area contributed by atoms with Crippen LogP contribution >= 0.6 is 0 Å². The molecule has 0 aromatic carbocycles. The molecule has 7 heteroatoms. The van der Waals surface area contributed by atoms with Crippen molar-refractivity contribution in [2.75, 3.05) is 39.3 Å². The fourth-order valence-electron chi connectivity index (χ4n) is 2.96. The molecule has 0 bridgehead atoms. The van der Waals surface area contributed by atoms with E-state index in [1.54, 1.807) is 6.92 Å². The highest BCUT2D eigenvalue weighted by Gasteiger charge is 2.23. The zero-order valence-electron chi connectivity index (χ0n) is 14.4. The van der Waals surface area contributed by atoms with Gasteiger partial charge in [0.2, 0.25) is 5.91 Å². The Morgan fingerprint density at radius 3 is 2.57 bits per heavy atom. The Hall–Kier alpha value is -1.89. The number of hydrogen-bond donors (Lipinski definition) is 2. The number of aromatic nitrogens is 2. The molecule has 0 saturated carbocycles. The lowest BCUT2D eigenvalue weighted by molar-refractivity contribution is -0.896. The summed E-state index contributed by atoms with van der Waals surface area (Å²) in [5.41, 5.74) is 2.18. The summed E-state index contributed by atoms with van der Waals surface area (Å²) in [6.45, 7) is 10.8. The number of carbonyl (C=O) groups is 2. The number of nitrogens with zero attached hydrogens (tertiary/aromatic N) is 3. The number of amides is 2. The second-order valence-corrected chi connectivity index (χ2v) is 6.29. The van der Waals surface area contributed by atoms with Crippen molar-refractivity contribution in [3.8, 4) is 0 Å².